The van der Waals surface area contributed by atoms with Gasteiger partial charge in [-0.1, -0.05) is 36.7 Å². The number of nitrogens with zero attached hydrogens (tertiary/aromatic N) is 3. The molecule has 25 heavy (non-hydrogen) atoms. The molecule has 0 amide bonds. The monoisotopic (exact) mass is 356 g/mol. The number of halogens is 1. The Labute approximate surface area is 152 Å². The van der Waals surface area contributed by atoms with Crippen molar-refractivity contribution >= 4 is 11.6 Å². The van der Waals surface area contributed by atoms with Crippen LogP contribution in [0, 0.1) is 12.8 Å². The molecule has 1 atom stereocenters. The average Bonchev–Trinajstić information content (AvgIpc) is 3.06. The summed E-state index contributed by atoms with van der Waals surface area (Å²) < 4.78 is 5.37. The van der Waals surface area contributed by atoms with Gasteiger partial charge >= 0.3 is 0 Å². The maximum atomic E-state index is 5.91. The van der Waals surface area contributed by atoms with Crippen molar-refractivity contribution in [1.29, 1.82) is 0 Å². The third kappa shape index (κ3) is 4.24. The first-order chi connectivity index (χ1) is 12.0. The maximum Gasteiger partial charge on any atom is 0.240 e. The zero-order valence-electron chi connectivity index (χ0n) is 14.5. The van der Waals surface area contributed by atoms with Gasteiger partial charge in [-0.05, 0) is 48.7 Å². The topological polar surface area (TPSA) is 63.8 Å². The van der Waals surface area contributed by atoms with E-state index in [9.17, 15) is 0 Å². The van der Waals surface area contributed by atoms with Crippen LogP contribution in [0.1, 0.15) is 37.0 Å². The van der Waals surface area contributed by atoms with Crippen molar-refractivity contribution in [2.24, 2.45) is 5.92 Å². The molecule has 0 aliphatic heterocycles. The highest BCUT2D eigenvalue weighted by Gasteiger charge is 2.19. The number of rotatable bonds is 6. The molecule has 2 heterocycles. The van der Waals surface area contributed by atoms with Crippen LogP contribution in [0.3, 0.4) is 0 Å². The van der Waals surface area contributed by atoms with E-state index in [1.165, 1.54) is 5.56 Å². The molecule has 2 aromatic heterocycles. The Balaban J connectivity index is 1.72. The van der Waals surface area contributed by atoms with Crippen molar-refractivity contribution in [1.82, 2.24) is 20.4 Å². The molecule has 3 aromatic rings. The van der Waals surface area contributed by atoms with Crippen LogP contribution in [0.15, 0.2) is 47.1 Å². The summed E-state index contributed by atoms with van der Waals surface area (Å²) in [7, 11) is 0. The SMILES string of the molecule is Cc1cccnc1C(NCc1nc(-c2ccc(Cl)cc2)no1)C(C)C. The van der Waals surface area contributed by atoms with Gasteiger partial charge < -0.3 is 4.52 Å². The molecule has 1 aromatic carbocycles. The largest absolute Gasteiger partial charge is 0.338 e. The van der Waals surface area contributed by atoms with Crippen molar-refractivity contribution in [3.8, 4) is 11.4 Å². The predicted molar refractivity (Wildman–Crippen MR) is 98.1 cm³/mol. The summed E-state index contributed by atoms with van der Waals surface area (Å²) in [5.74, 6) is 1.49. The second-order valence-corrected chi connectivity index (χ2v) is 6.76. The van der Waals surface area contributed by atoms with Crippen molar-refractivity contribution in [3.05, 3.63) is 64.8 Å². The van der Waals surface area contributed by atoms with Crippen LogP contribution in [0.4, 0.5) is 0 Å². The lowest BCUT2D eigenvalue weighted by Gasteiger charge is -2.22. The van der Waals surface area contributed by atoms with E-state index >= 15 is 0 Å². The Morgan fingerprint density at radius 3 is 2.60 bits per heavy atom. The lowest BCUT2D eigenvalue weighted by molar-refractivity contribution is 0.334. The van der Waals surface area contributed by atoms with Crippen molar-refractivity contribution in [2.75, 3.05) is 0 Å². The van der Waals surface area contributed by atoms with Crippen molar-refractivity contribution < 1.29 is 4.52 Å². The first kappa shape index (κ1) is 17.6. The van der Waals surface area contributed by atoms with Crippen LogP contribution in [0.25, 0.3) is 11.4 Å². The van der Waals surface area contributed by atoms with Gasteiger partial charge in [0.15, 0.2) is 0 Å². The van der Waals surface area contributed by atoms with E-state index in [0.29, 0.717) is 29.2 Å². The minimum absolute atomic E-state index is 0.118. The van der Waals surface area contributed by atoms with Crippen LogP contribution in [0.5, 0.6) is 0 Å². The highest BCUT2D eigenvalue weighted by atomic mass is 35.5. The molecule has 5 nitrogen and oxygen atoms in total. The minimum Gasteiger partial charge on any atom is -0.338 e. The van der Waals surface area contributed by atoms with Gasteiger partial charge in [0.2, 0.25) is 11.7 Å². The van der Waals surface area contributed by atoms with E-state index in [4.69, 9.17) is 16.1 Å². The van der Waals surface area contributed by atoms with E-state index in [-0.39, 0.29) is 6.04 Å². The Bertz CT molecular complexity index is 829. The fourth-order valence-corrected chi connectivity index (χ4v) is 2.84. The van der Waals surface area contributed by atoms with E-state index in [0.717, 1.165) is 11.3 Å². The fourth-order valence-electron chi connectivity index (χ4n) is 2.71. The molecule has 0 saturated heterocycles. The van der Waals surface area contributed by atoms with Gasteiger partial charge in [0.25, 0.3) is 0 Å². The van der Waals surface area contributed by atoms with Gasteiger partial charge in [-0.15, -0.1) is 0 Å². The Hall–Kier alpha value is -2.24. The molecule has 3 rings (SSSR count). The lowest BCUT2D eigenvalue weighted by Crippen LogP contribution is -2.27. The lowest BCUT2D eigenvalue weighted by atomic mass is 9.97. The molecule has 0 bridgehead atoms. The van der Waals surface area contributed by atoms with Gasteiger partial charge in [-0.2, -0.15) is 4.98 Å². The molecule has 0 radical (unpaired) electrons. The number of benzene rings is 1. The Kier molecular flexibility index (Phi) is 5.46. The van der Waals surface area contributed by atoms with Gasteiger partial charge in [-0.25, -0.2) is 0 Å². The molecule has 0 saturated carbocycles. The predicted octanol–water partition coefficient (Wildman–Crippen LogP) is 4.58. The number of aryl methyl sites for hydroxylation is 1. The normalized spacial score (nSPS) is 12.5. The number of pyridine rings is 1. The second-order valence-electron chi connectivity index (χ2n) is 6.33. The number of nitrogens with one attached hydrogen (secondary N) is 1. The van der Waals surface area contributed by atoms with Crippen LogP contribution < -0.4 is 5.32 Å². The zero-order chi connectivity index (χ0) is 17.8. The molecular formula is C19H21ClN4O. The van der Waals surface area contributed by atoms with Gasteiger partial charge in [-0.3, -0.25) is 10.3 Å². The third-order valence-electron chi connectivity index (χ3n) is 4.05. The highest BCUT2D eigenvalue weighted by molar-refractivity contribution is 6.30. The van der Waals surface area contributed by atoms with E-state index in [2.05, 4.69) is 47.3 Å². The third-order valence-corrected chi connectivity index (χ3v) is 4.31. The standard InChI is InChI=1S/C19H21ClN4O/c1-12(2)17(18-13(3)5-4-10-21-18)22-11-16-23-19(24-25-16)14-6-8-15(20)9-7-14/h4-10,12,17,22H,11H2,1-3H3. The maximum absolute atomic E-state index is 5.91. The summed E-state index contributed by atoms with van der Waals surface area (Å²) in [6.45, 7) is 6.89. The van der Waals surface area contributed by atoms with Crippen molar-refractivity contribution in [3.63, 3.8) is 0 Å². The molecule has 6 heteroatoms. The van der Waals surface area contributed by atoms with Gasteiger partial charge in [0, 0.05) is 16.8 Å². The minimum atomic E-state index is 0.118. The molecule has 0 aliphatic carbocycles. The summed E-state index contributed by atoms with van der Waals surface area (Å²) >= 11 is 5.91. The summed E-state index contributed by atoms with van der Waals surface area (Å²) in [5.41, 5.74) is 3.09. The summed E-state index contributed by atoms with van der Waals surface area (Å²) in [6.07, 6.45) is 1.82. The first-order valence-corrected chi connectivity index (χ1v) is 8.66. The Morgan fingerprint density at radius 1 is 1.16 bits per heavy atom. The van der Waals surface area contributed by atoms with E-state index < -0.39 is 0 Å². The van der Waals surface area contributed by atoms with Gasteiger partial charge in [0.05, 0.1) is 18.3 Å². The van der Waals surface area contributed by atoms with Gasteiger partial charge in [0.1, 0.15) is 0 Å². The molecule has 0 fully saturated rings. The van der Waals surface area contributed by atoms with E-state index in [1.54, 1.807) is 0 Å². The summed E-state index contributed by atoms with van der Waals surface area (Å²) in [4.78, 5) is 8.99. The first-order valence-electron chi connectivity index (χ1n) is 8.28. The molecule has 130 valence electrons. The smallest absolute Gasteiger partial charge is 0.240 e. The second kappa shape index (κ2) is 7.76. The summed E-state index contributed by atoms with van der Waals surface area (Å²) in [5, 5.41) is 8.21. The average molecular weight is 357 g/mol. The molecule has 1 N–H and O–H groups in total. The number of hydrogen-bond acceptors (Lipinski definition) is 5. The van der Waals surface area contributed by atoms with Crippen LogP contribution in [0.2, 0.25) is 5.02 Å². The molecule has 0 aliphatic rings. The number of aromatic nitrogens is 3. The van der Waals surface area contributed by atoms with Crippen molar-refractivity contribution in [2.45, 2.75) is 33.4 Å². The fraction of sp³-hybridized carbons (Fsp3) is 0.316. The molecule has 0 spiro atoms. The number of hydrogen-bond donors (Lipinski definition) is 1. The van der Waals surface area contributed by atoms with Crippen LogP contribution >= 0.6 is 11.6 Å². The quantitative estimate of drug-likeness (QED) is 0.700. The molecule has 1 unspecified atom stereocenters. The Morgan fingerprint density at radius 2 is 1.92 bits per heavy atom. The van der Waals surface area contributed by atoms with Crippen LogP contribution in [-0.4, -0.2) is 15.1 Å². The zero-order valence-corrected chi connectivity index (χ0v) is 15.3. The molecular weight excluding hydrogens is 336 g/mol. The van der Waals surface area contributed by atoms with Crippen LogP contribution in [-0.2, 0) is 6.54 Å². The highest BCUT2D eigenvalue weighted by Crippen LogP contribution is 2.23. The van der Waals surface area contributed by atoms with E-state index in [1.807, 2.05) is 36.5 Å². The summed E-state index contributed by atoms with van der Waals surface area (Å²) in [6, 6.07) is 11.5.